The summed E-state index contributed by atoms with van der Waals surface area (Å²) in [7, 11) is 0. The summed E-state index contributed by atoms with van der Waals surface area (Å²) in [5.41, 5.74) is 11.4. The lowest BCUT2D eigenvalue weighted by Crippen LogP contribution is -2.13. The summed E-state index contributed by atoms with van der Waals surface area (Å²) in [5, 5.41) is 19.4. The molecule has 5 nitrogen and oxygen atoms in total. The number of unbranched alkanes of at least 4 members (excludes halogenated alkanes) is 19. The Morgan fingerprint density at radius 2 is 0.712 bits per heavy atom. The maximum Gasteiger partial charge on any atom is 0.124 e. The maximum atomic E-state index is 5.76. The zero-order valence-electron chi connectivity index (χ0n) is 47.5. The molecule has 0 saturated carbocycles. The number of hydrogen-bond acceptors (Lipinski definition) is 6. The smallest absolute Gasteiger partial charge is 0.124 e. The molecule has 0 fully saturated rings. The number of aryl methyl sites for hydroxylation is 2. The number of aromatic nitrogens is 5. The summed E-state index contributed by atoms with van der Waals surface area (Å²) in [6.07, 6.45) is 42.2. The lowest BCUT2D eigenvalue weighted by molar-refractivity contribution is 0.351. The molecule has 0 aliphatic carbocycles. The van der Waals surface area contributed by atoms with Gasteiger partial charge in [0, 0.05) is 23.9 Å². The van der Waals surface area contributed by atoms with Crippen molar-refractivity contribution in [2.75, 3.05) is 0 Å². The molecule has 0 spiro atoms. The van der Waals surface area contributed by atoms with Crippen molar-refractivity contribution in [3.63, 3.8) is 0 Å². The van der Waals surface area contributed by atoms with Crippen LogP contribution in [0.5, 0.6) is 0 Å². The first kappa shape index (κ1) is 56.7. The van der Waals surface area contributed by atoms with Crippen LogP contribution in [0.3, 0.4) is 0 Å². The molecule has 0 radical (unpaired) electrons. The molecular formula is C64H99N5S4. The van der Waals surface area contributed by atoms with E-state index in [0.29, 0.717) is 17.8 Å². The van der Waals surface area contributed by atoms with Crippen molar-refractivity contribution in [3.05, 3.63) is 21.9 Å². The third kappa shape index (κ3) is 13.1. The highest BCUT2D eigenvalue weighted by Gasteiger charge is 2.32. The molecule has 8 aromatic rings. The van der Waals surface area contributed by atoms with E-state index >= 15 is 0 Å². The summed E-state index contributed by atoms with van der Waals surface area (Å²) >= 11 is 8.32. The number of fused-ring (bicyclic) bond motifs is 14. The summed E-state index contributed by atoms with van der Waals surface area (Å²) in [5.74, 6) is 1.84. The number of nitrogens with zero attached hydrogens (tertiary/aromatic N) is 5. The minimum atomic E-state index is 0.584. The topological polar surface area (TPSA) is 40.6 Å². The molecule has 0 N–H and O–H groups in total. The fourth-order valence-electron chi connectivity index (χ4n) is 12.5. The molecule has 9 heteroatoms. The molecule has 3 unspecified atom stereocenters. The average molecular weight is 1070 g/mol. The lowest BCUT2D eigenvalue weighted by Gasteiger charge is -2.20. The fraction of sp³-hybridized carbons (Fsp3) is 0.719. The van der Waals surface area contributed by atoms with E-state index in [-0.39, 0.29) is 0 Å². The van der Waals surface area contributed by atoms with E-state index in [0.717, 1.165) is 30.7 Å². The van der Waals surface area contributed by atoms with Gasteiger partial charge in [0.15, 0.2) is 0 Å². The maximum absolute atomic E-state index is 5.76. The van der Waals surface area contributed by atoms with Gasteiger partial charge in [0.25, 0.3) is 0 Å². The van der Waals surface area contributed by atoms with Crippen LogP contribution in [0.15, 0.2) is 10.8 Å². The third-order valence-corrected chi connectivity index (χ3v) is 22.2. The average Bonchev–Trinajstić information content (AvgIpc) is 4.28. The molecule has 0 aliphatic heterocycles. The highest BCUT2D eigenvalue weighted by Crippen LogP contribution is 2.54. The van der Waals surface area contributed by atoms with Gasteiger partial charge in [-0.05, 0) is 84.6 Å². The van der Waals surface area contributed by atoms with Crippen LogP contribution in [0.2, 0.25) is 0 Å². The molecule has 3 atom stereocenters. The van der Waals surface area contributed by atoms with Gasteiger partial charge in [-0.25, -0.2) is 0 Å². The minimum Gasteiger partial charge on any atom is -0.337 e. The largest absolute Gasteiger partial charge is 0.337 e. The molecular weight excluding hydrogens is 967 g/mol. The molecule has 7 aromatic heterocycles. The van der Waals surface area contributed by atoms with Gasteiger partial charge in [-0.2, -0.15) is 15.0 Å². The molecule has 0 aliphatic rings. The second-order valence-electron chi connectivity index (χ2n) is 22.9. The van der Waals surface area contributed by atoms with Gasteiger partial charge < -0.3 is 9.13 Å². The number of rotatable bonds is 38. The van der Waals surface area contributed by atoms with E-state index in [1.807, 2.05) is 22.7 Å². The zero-order valence-corrected chi connectivity index (χ0v) is 50.8. The van der Waals surface area contributed by atoms with Gasteiger partial charge in [0.2, 0.25) is 0 Å². The van der Waals surface area contributed by atoms with Gasteiger partial charge >= 0.3 is 0 Å². The van der Waals surface area contributed by atoms with E-state index in [1.165, 1.54) is 257 Å². The number of hydrogen-bond donors (Lipinski definition) is 0. The van der Waals surface area contributed by atoms with Crippen molar-refractivity contribution < 1.29 is 0 Å². The van der Waals surface area contributed by atoms with Gasteiger partial charge in [-0.1, -0.05) is 216 Å². The molecule has 0 bridgehead atoms. The predicted molar refractivity (Wildman–Crippen MR) is 332 cm³/mol. The van der Waals surface area contributed by atoms with Crippen LogP contribution in [0.1, 0.15) is 259 Å². The van der Waals surface area contributed by atoms with E-state index < -0.39 is 0 Å². The first-order chi connectivity index (χ1) is 35.9. The first-order valence-corrected chi connectivity index (χ1v) is 34.4. The summed E-state index contributed by atoms with van der Waals surface area (Å²) < 4.78 is 15.0. The van der Waals surface area contributed by atoms with Crippen molar-refractivity contribution in [2.45, 2.75) is 280 Å². The van der Waals surface area contributed by atoms with Crippen LogP contribution in [0, 0.1) is 17.8 Å². The minimum absolute atomic E-state index is 0.584. The van der Waals surface area contributed by atoms with Gasteiger partial charge in [0.1, 0.15) is 11.0 Å². The van der Waals surface area contributed by atoms with Crippen molar-refractivity contribution in [3.8, 4) is 0 Å². The van der Waals surface area contributed by atoms with E-state index in [9.17, 15) is 0 Å². The Kier molecular flexibility index (Phi) is 22.4. The Morgan fingerprint density at radius 1 is 0.370 bits per heavy atom. The summed E-state index contributed by atoms with van der Waals surface area (Å²) in [4.78, 5) is 2.18. The summed E-state index contributed by atoms with van der Waals surface area (Å²) in [6, 6.07) is 0. The van der Waals surface area contributed by atoms with Crippen molar-refractivity contribution in [2.24, 2.45) is 17.8 Å². The fourth-order valence-corrected chi connectivity index (χ4v) is 18.0. The van der Waals surface area contributed by atoms with E-state index in [4.69, 9.17) is 10.2 Å². The molecule has 0 saturated heterocycles. The molecule has 8 rings (SSSR count). The Bertz CT molecular complexity index is 2700. The van der Waals surface area contributed by atoms with E-state index in [2.05, 4.69) is 103 Å². The first-order valence-electron chi connectivity index (χ1n) is 31.0. The molecule has 0 amide bonds. The van der Waals surface area contributed by atoms with Crippen LogP contribution in [0.4, 0.5) is 0 Å². The normalized spacial score (nSPS) is 13.9. The van der Waals surface area contributed by atoms with Crippen LogP contribution in [0.25, 0.3) is 72.1 Å². The lowest BCUT2D eigenvalue weighted by atomic mass is 9.99. The molecule has 404 valence electrons. The Hall–Kier alpha value is -2.46. The highest BCUT2D eigenvalue weighted by atomic mass is 32.1. The van der Waals surface area contributed by atoms with Crippen LogP contribution in [-0.2, 0) is 32.5 Å². The van der Waals surface area contributed by atoms with Crippen molar-refractivity contribution in [1.82, 2.24) is 24.1 Å². The second-order valence-corrected chi connectivity index (χ2v) is 26.7. The molecule has 7 heterocycles. The van der Waals surface area contributed by atoms with Crippen LogP contribution < -0.4 is 0 Å². The quantitative estimate of drug-likeness (QED) is 0.0362. The van der Waals surface area contributed by atoms with Gasteiger partial charge in [0.05, 0.1) is 56.8 Å². The highest BCUT2D eigenvalue weighted by molar-refractivity contribution is 7.33. The third-order valence-electron chi connectivity index (χ3n) is 17.3. The van der Waals surface area contributed by atoms with E-state index in [1.54, 1.807) is 20.5 Å². The van der Waals surface area contributed by atoms with Gasteiger partial charge in [-0.3, -0.25) is 0 Å². The number of thiophene rings is 4. The summed E-state index contributed by atoms with van der Waals surface area (Å²) in [6.45, 7) is 22.1. The molecule has 1 aromatic carbocycles. The van der Waals surface area contributed by atoms with Crippen LogP contribution in [-0.4, -0.2) is 24.1 Å². The van der Waals surface area contributed by atoms with Crippen molar-refractivity contribution in [1.29, 1.82) is 0 Å². The Balaban J connectivity index is 1.31. The zero-order chi connectivity index (χ0) is 51.1. The number of benzene rings is 1. The van der Waals surface area contributed by atoms with Crippen molar-refractivity contribution >= 4 is 117 Å². The monoisotopic (exact) mass is 1070 g/mol. The van der Waals surface area contributed by atoms with Crippen LogP contribution >= 0.6 is 45.3 Å². The Morgan fingerprint density at radius 3 is 1.07 bits per heavy atom. The van der Waals surface area contributed by atoms with Gasteiger partial charge in [-0.15, -0.1) is 45.3 Å². The SMILES string of the molecule is CCCCCCCCCCCc1csc2c1sc1c3c4nn(CC(CC)CCCC)nc4c4c5sc6c(CCCCCCCCCCC)csc6c5n(CC(CC)CCCC)c4c3n(CC(CC)CCCC)c21. The second kappa shape index (κ2) is 28.8. The Labute approximate surface area is 458 Å². The predicted octanol–water partition coefficient (Wildman–Crippen LogP) is 23.0. The molecule has 73 heavy (non-hydrogen) atoms. The standard InChI is InChI=1S/C64H99N5S4/c1-9-17-22-24-26-28-30-32-34-39-49-44-70-63-57-61(72-59(49)63)51-53-54(66-69(65-53)43-48(16-8)38-21-13-5)52-56(55(51)67(57)41-46(14-6)36-19-11-3)68(42-47(15-7)37-20-12-4)58-62(52)73-60-50(45-71-64(58)60)40-35-33-31-29-27-25-23-18-10-2/h44-48H,9-43H2,1-8H3.